The summed E-state index contributed by atoms with van der Waals surface area (Å²) >= 11 is 0. The Balaban J connectivity index is 3.13. The Morgan fingerprint density at radius 1 is 1.40 bits per heavy atom. The summed E-state index contributed by atoms with van der Waals surface area (Å²) in [6, 6.07) is 3.46. The number of amides is 1. The van der Waals surface area contributed by atoms with Gasteiger partial charge in [0, 0.05) is 11.2 Å². The van der Waals surface area contributed by atoms with Crippen LogP contribution in [0.25, 0.3) is 0 Å². The highest BCUT2D eigenvalue weighted by atomic mass is 16.1. The highest BCUT2D eigenvalue weighted by molar-refractivity contribution is 5.97. The molecule has 1 rings (SSSR count). The normalized spacial score (nSPS) is 11.2. The minimum atomic E-state index is -0.464. The van der Waals surface area contributed by atoms with Gasteiger partial charge in [0.15, 0.2) is 0 Å². The summed E-state index contributed by atoms with van der Waals surface area (Å²) < 4.78 is 0. The van der Waals surface area contributed by atoms with Crippen LogP contribution in [-0.2, 0) is 0 Å². The molecule has 4 nitrogen and oxygen atoms in total. The standard InChI is InChI=1S/C11H17N3O/c1-7-5-6-8(9(12)15)10(13-7)14-11(2,3)4/h5-6H,1-4H3,(H2,12,15)(H,13,14). The van der Waals surface area contributed by atoms with Crippen LogP contribution < -0.4 is 11.1 Å². The van der Waals surface area contributed by atoms with Gasteiger partial charge in [-0.05, 0) is 39.8 Å². The third-order valence-corrected chi connectivity index (χ3v) is 1.79. The molecular formula is C11H17N3O. The van der Waals surface area contributed by atoms with Gasteiger partial charge >= 0.3 is 0 Å². The highest BCUT2D eigenvalue weighted by Gasteiger charge is 2.15. The number of carbonyl (C=O) groups excluding carboxylic acids is 1. The van der Waals surface area contributed by atoms with Crippen LogP contribution in [0.1, 0.15) is 36.8 Å². The first-order chi connectivity index (χ1) is 6.79. The number of nitrogens with one attached hydrogen (secondary N) is 1. The van der Waals surface area contributed by atoms with Crippen LogP contribution in [0, 0.1) is 6.92 Å². The molecule has 82 valence electrons. The maximum atomic E-state index is 11.2. The molecule has 0 unspecified atom stereocenters. The molecule has 1 aromatic rings. The average molecular weight is 207 g/mol. The summed E-state index contributed by atoms with van der Waals surface area (Å²) in [5.74, 6) is 0.0873. The number of primary amides is 1. The van der Waals surface area contributed by atoms with E-state index in [1.165, 1.54) is 0 Å². The second kappa shape index (κ2) is 3.88. The molecule has 1 heterocycles. The SMILES string of the molecule is Cc1ccc(C(N)=O)c(NC(C)(C)C)n1. The fourth-order valence-electron chi connectivity index (χ4n) is 1.21. The lowest BCUT2D eigenvalue weighted by atomic mass is 10.1. The smallest absolute Gasteiger partial charge is 0.252 e. The predicted molar refractivity (Wildman–Crippen MR) is 60.9 cm³/mol. The van der Waals surface area contributed by atoms with E-state index >= 15 is 0 Å². The van der Waals surface area contributed by atoms with Crippen LogP contribution in [0.5, 0.6) is 0 Å². The summed E-state index contributed by atoms with van der Waals surface area (Å²) in [5, 5.41) is 3.16. The molecule has 0 radical (unpaired) electrons. The van der Waals surface area contributed by atoms with Crippen molar-refractivity contribution in [2.45, 2.75) is 33.2 Å². The van der Waals surface area contributed by atoms with Crippen molar-refractivity contribution in [2.75, 3.05) is 5.32 Å². The van der Waals surface area contributed by atoms with Crippen LogP contribution in [0.2, 0.25) is 0 Å². The summed E-state index contributed by atoms with van der Waals surface area (Å²) in [5.41, 5.74) is 6.40. The molecule has 0 saturated carbocycles. The van der Waals surface area contributed by atoms with Crippen molar-refractivity contribution in [2.24, 2.45) is 5.73 Å². The van der Waals surface area contributed by atoms with Gasteiger partial charge in [0.1, 0.15) is 5.82 Å². The molecule has 4 heteroatoms. The number of rotatable bonds is 2. The first-order valence-electron chi connectivity index (χ1n) is 4.85. The molecule has 15 heavy (non-hydrogen) atoms. The number of hydrogen-bond donors (Lipinski definition) is 2. The van der Waals surface area contributed by atoms with E-state index in [1.54, 1.807) is 12.1 Å². The monoisotopic (exact) mass is 207 g/mol. The lowest BCUT2D eigenvalue weighted by Crippen LogP contribution is -2.29. The molecule has 1 amide bonds. The Morgan fingerprint density at radius 2 is 2.00 bits per heavy atom. The van der Waals surface area contributed by atoms with Crippen LogP contribution in [-0.4, -0.2) is 16.4 Å². The molecule has 1 aromatic heterocycles. The molecule has 0 aromatic carbocycles. The second-order valence-corrected chi connectivity index (χ2v) is 4.59. The van der Waals surface area contributed by atoms with Gasteiger partial charge in [-0.1, -0.05) is 0 Å². The Morgan fingerprint density at radius 3 is 2.47 bits per heavy atom. The molecule has 0 saturated heterocycles. The van der Waals surface area contributed by atoms with Gasteiger partial charge in [-0.2, -0.15) is 0 Å². The molecule has 0 aliphatic rings. The summed E-state index contributed by atoms with van der Waals surface area (Å²) in [6.45, 7) is 7.88. The van der Waals surface area contributed by atoms with E-state index in [9.17, 15) is 4.79 Å². The quantitative estimate of drug-likeness (QED) is 0.775. The van der Waals surface area contributed by atoms with Gasteiger partial charge in [0.2, 0.25) is 0 Å². The fourth-order valence-corrected chi connectivity index (χ4v) is 1.21. The third kappa shape index (κ3) is 3.23. The van der Waals surface area contributed by atoms with Crippen molar-refractivity contribution < 1.29 is 4.79 Å². The molecular weight excluding hydrogens is 190 g/mol. The summed E-state index contributed by atoms with van der Waals surface area (Å²) in [7, 11) is 0. The van der Waals surface area contributed by atoms with Crippen molar-refractivity contribution in [3.63, 3.8) is 0 Å². The Kier molecular flexibility index (Phi) is 2.98. The number of anilines is 1. The first-order valence-corrected chi connectivity index (χ1v) is 4.85. The molecule has 0 fully saturated rings. The minimum Gasteiger partial charge on any atom is -0.365 e. The van der Waals surface area contributed by atoms with Gasteiger partial charge in [-0.15, -0.1) is 0 Å². The van der Waals surface area contributed by atoms with Gasteiger partial charge in [0.25, 0.3) is 5.91 Å². The van der Waals surface area contributed by atoms with E-state index in [0.29, 0.717) is 11.4 Å². The topological polar surface area (TPSA) is 68.0 Å². The Bertz CT molecular complexity index is 380. The van der Waals surface area contributed by atoms with Gasteiger partial charge in [-0.3, -0.25) is 4.79 Å². The van der Waals surface area contributed by atoms with E-state index in [0.717, 1.165) is 5.69 Å². The number of aryl methyl sites for hydroxylation is 1. The molecule has 0 aliphatic carbocycles. The minimum absolute atomic E-state index is 0.148. The van der Waals surface area contributed by atoms with E-state index in [4.69, 9.17) is 5.73 Å². The van der Waals surface area contributed by atoms with E-state index in [2.05, 4.69) is 10.3 Å². The van der Waals surface area contributed by atoms with Crippen LogP contribution in [0.15, 0.2) is 12.1 Å². The summed E-state index contributed by atoms with van der Waals surface area (Å²) in [6.07, 6.45) is 0. The molecule has 0 spiro atoms. The van der Waals surface area contributed by atoms with E-state index in [-0.39, 0.29) is 5.54 Å². The lowest BCUT2D eigenvalue weighted by molar-refractivity contribution is 0.100. The number of carbonyl (C=O) groups is 1. The van der Waals surface area contributed by atoms with Crippen molar-refractivity contribution in [3.8, 4) is 0 Å². The maximum absolute atomic E-state index is 11.2. The van der Waals surface area contributed by atoms with E-state index in [1.807, 2.05) is 27.7 Å². The van der Waals surface area contributed by atoms with Gasteiger partial charge in [0.05, 0.1) is 5.56 Å². The van der Waals surface area contributed by atoms with Crippen molar-refractivity contribution in [3.05, 3.63) is 23.4 Å². The zero-order valence-corrected chi connectivity index (χ0v) is 9.59. The average Bonchev–Trinajstić information content (AvgIpc) is 1.99. The molecule has 3 N–H and O–H groups in total. The predicted octanol–water partition coefficient (Wildman–Crippen LogP) is 1.70. The largest absolute Gasteiger partial charge is 0.365 e. The van der Waals surface area contributed by atoms with Crippen molar-refractivity contribution >= 4 is 11.7 Å². The number of hydrogen-bond acceptors (Lipinski definition) is 3. The summed E-state index contributed by atoms with van der Waals surface area (Å²) in [4.78, 5) is 15.4. The van der Waals surface area contributed by atoms with E-state index < -0.39 is 5.91 Å². The number of pyridine rings is 1. The number of aromatic nitrogens is 1. The van der Waals surface area contributed by atoms with Crippen molar-refractivity contribution in [1.29, 1.82) is 0 Å². The Hall–Kier alpha value is -1.58. The third-order valence-electron chi connectivity index (χ3n) is 1.79. The molecule has 0 atom stereocenters. The maximum Gasteiger partial charge on any atom is 0.252 e. The van der Waals surface area contributed by atoms with Gasteiger partial charge in [-0.25, -0.2) is 4.98 Å². The van der Waals surface area contributed by atoms with Crippen LogP contribution >= 0.6 is 0 Å². The lowest BCUT2D eigenvalue weighted by Gasteiger charge is -2.22. The highest BCUT2D eigenvalue weighted by Crippen LogP contribution is 2.17. The second-order valence-electron chi connectivity index (χ2n) is 4.59. The first kappa shape index (κ1) is 11.5. The van der Waals surface area contributed by atoms with Crippen LogP contribution in [0.4, 0.5) is 5.82 Å². The number of nitrogens with two attached hydrogens (primary N) is 1. The zero-order valence-electron chi connectivity index (χ0n) is 9.59. The fraction of sp³-hybridized carbons (Fsp3) is 0.455. The molecule has 0 aliphatic heterocycles. The van der Waals surface area contributed by atoms with Gasteiger partial charge < -0.3 is 11.1 Å². The molecule has 0 bridgehead atoms. The van der Waals surface area contributed by atoms with Crippen molar-refractivity contribution in [1.82, 2.24) is 4.98 Å². The number of nitrogens with zero attached hydrogens (tertiary/aromatic N) is 1. The van der Waals surface area contributed by atoms with Crippen LogP contribution in [0.3, 0.4) is 0 Å². The zero-order chi connectivity index (χ0) is 11.6. The Labute approximate surface area is 89.9 Å².